The van der Waals surface area contributed by atoms with E-state index in [1.165, 1.54) is 22.8 Å². The fourth-order valence-electron chi connectivity index (χ4n) is 1.34. The largest absolute Gasteiger partial charge is 0.476 e. The first-order valence-corrected chi connectivity index (χ1v) is 6.23. The third-order valence-corrected chi connectivity index (χ3v) is 3.11. The number of hydrogen-bond acceptors (Lipinski definition) is 6. The molecular weight excluding hydrogens is 270 g/mol. The highest BCUT2D eigenvalue weighted by atomic mass is 32.1. The third kappa shape index (κ3) is 3.18. The highest BCUT2D eigenvalue weighted by Crippen LogP contribution is 2.11. The number of hydrogen-bond donors (Lipinski definition) is 3. The van der Waals surface area contributed by atoms with E-state index in [0.717, 1.165) is 0 Å². The molecule has 2 rings (SSSR count). The Bertz CT molecular complexity index is 605. The van der Waals surface area contributed by atoms with Crippen LogP contribution in [0.15, 0.2) is 21.9 Å². The highest BCUT2D eigenvalue weighted by Gasteiger charge is 2.12. The second-order valence-electron chi connectivity index (χ2n) is 3.58. The molecule has 4 N–H and O–H groups in total. The summed E-state index contributed by atoms with van der Waals surface area (Å²) in [6, 6.07) is 3.16. The van der Waals surface area contributed by atoms with Gasteiger partial charge in [-0.1, -0.05) is 0 Å². The molecule has 0 radical (unpaired) electrons. The van der Waals surface area contributed by atoms with Crippen molar-refractivity contribution >= 4 is 23.2 Å². The van der Waals surface area contributed by atoms with E-state index in [0.29, 0.717) is 10.8 Å². The molecule has 0 saturated carbocycles. The van der Waals surface area contributed by atoms with Crippen molar-refractivity contribution < 1.29 is 19.1 Å². The zero-order valence-electron chi connectivity index (χ0n) is 9.75. The Kier molecular flexibility index (Phi) is 3.93. The SMILES string of the molecule is NCc1ccc(C(=O)NCc2nc(C(=O)O)cs2)o1. The van der Waals surface area contributed by atoms with E-state index in [2.05, 4.69) is 10.3 Å². The van der Waals surface area contributed by atoms with Crippen LogP contribution in [0.5, 0.6) is 0 Å². The van der Waals surface area contributed by atoms with Gasteiger partial charge in [-0.25, -0.2) is 9.78 Å². The molecule has 0 aromatic carbocycles. The lowest BCUT2D eigenvalue weighted by molar-refractivity contribution is 0.0691. The maximum Gasteiger partial charge on any atom is 0.355 e. The molecule has 0 saturated heterocycles. The number of nitrogens with two attached hydrogens (primary N) is 1. The Hall–Kier alpha value is -2.19. The van der Waals surface area contributed by atoms with E-state index in [1.807, 2.05) is 0 Å². The molecular formula is C11H11N3O4S. The van der Waals surface area contributed by atoms with Crippen LogP contribution in [-0.4, -0.2) is 22.0 Å². The number of carbonyl (C=O) groups is 2. The number of rotatable bonds is 5. The Morgan fingerprint density at radius 2 is 2.26 bits per heavy atom. The van der Waals surface area contributed by atoms with E-state index in [9.17, 15) is 9.59 Å². The van der Waals surface area contributed by atoms with Crippen molar-refractivity contribution in [2.75, 3.05) is 0 Å². The van der Waals surface area contributed by atoms with Crippen LogP contribution in [0.25, 0.3) is 0 Å². The predicted molar refractivity (Wildman–Crippen MR) is 66.8 cm³/mol. The lowest BCUT2D eigenvalue weighted by atomic mass is 10.4. The molecule has 1 amide bonds. The minimum absolute atomic E-state index is 0.0299. The van der Waals surface area contributed by atoms with Gasteiger partial charge in [0, 0.05) is 5.38 Å². The molecule has 2 heterocycles. The van der Waals surface area contributed by atoms with E-state index in [-0.39, 0.29) is 24.5 Å². The molecule has 2 aromatic heterocycles. The first-order valence-electron chi connectivity index (χ1n) is 5.35. The minimum atomic E-state index is -1.09. The number of furan rings is 1. The maximum absolute atomic E-state index is 11.7. The van der Waals surface area contributed by atoms with Gasteiger partial charge in [0.25, 0.3) is 5.91 Å². The normalized spacial score (nSPS) is 10.4. The topological polar surface area (TPSA) is 118 Å². The van der Waals surface area contributed by atoms with Crippen molar-refractivity contribution in [1.29, 1.82) is 0 Å². The van der Waals surface area contributed by atoms with Crippen LogP contribution < -0.4 is 11.1 Å². The standard InChI is InChI=1S/C11H11N3O4S/c12-3-6-1-2-8(18-6)10(15)13-4-9-14-7(5-19-9)11(16)17/h1-2,5H,3-4,12H2,(H,13,15)(H,16,17). The van der Waals surface area contributed by atoms with Crippen LogP contribution in [0.2, 0.25) is 0 Å². The molecule has 2 aromatic rings. The molecule has 100 valence electrons. The first kappa shape index (κ1) is 13.2. The molecule has 0 aliphatic carbocycles. The molecule has 0 fully saturated rings. The monoisotopic (exact) mass is 281 g/mol. The molecule has 0 aliphatic heterocycles. The summed E-state index contributed by atoms with van der Waals surface area (Å²) in [5.74, 6) is -0.803. The van der Waals surface area contributed by atoms with Gasteiger partial charge in [-0.15, -0.1) is 11.3 Å². The fourth-order valence-corrected chi connectivity index (χ4v) is 2.05. The molecule has 0 bridgehead atoms. The van der Waals surface area contributed by atoms with E-state index in [4.69, 9.17) is 15.3 Å². The van der Waals surface area contributed by atoms with Gasteiger partial charge in [-0.05, 0) is 12.1 Å². The van der Waals surface area contributed by atoms with Gasteiger partial charge in [0.1, 0.15) is 10.8 Å². The van der Waals surface area contributed by atoms with Crippen molar-refractivity contribution in [3.8, 4) is 0 Å². The second-order valence-corrected chi connectivity index (χ2v) is 4.53. The minimum Gasteiger partial charge on any atom is -0.476 e. The Morgan fingerprint density at radius 3 is 2.84 bits per heavy atom. The molecule has 0 aliphatic rings. The van der Waals surface area contributed by atoms with Crippen LogP contribution in [0.1, 0.15) is 31.8 Å². The Balaban J connectivity index is 1.94. The van der Waals surface area contributed by atoms with Crippen molar-refractivity contribution in [1.82, 2.24) is 10.3 Å². The lowest BCUT2D eigenvalue weighted by Gasteiger charge is -1.99. The summed E-state index contributed by atoms with van der Waals surface area (Å²) in [6.07, 6.45) is 0. The van der Waals surface area contributed by atoms with Gasteiger partial charge in [0.15, 0.2) is 11.5 Å². The third-order valence-electron chi connectivity index (χ3n) is 2.26. The summed E-state index contributed by atoms with van der Waals surface area (Å²) in [5, 5.41) is 13.2. The van der Waals surface area contributed by atoms with Crippen LogP contribution in [0.3, 0.4) is 0 Å². The quantitative estimate of drug-likeness (QED) is 0.746. The van der Waals surface area contributed by atoms with Crippen molar-refractivity contribution in [3.05, 3.63) is 39.7 Å². The number of aromatic nitrogens is 1. The van der Waals surface area contributed by atoms with Gasteiger partial charge < -0.3 is 20.6 Å². The molecule has 7 nitrogen and oxygen atoms in total. The summed E-state index contributed by atoms with van der Waals surface area (Å²) in [7, 11) is 0. The number of nitrogens with zero attached hydrogens (tertiary/aromatic N) is 1. The molecule has 19 heavy (non-hydrogen) atoms. The number of carboxylic acid groups (broad SMARTS) is 1. The summed E-state index contributed by atoms with van der Waals surface area (Å²) >= 11 is 1.17. The van der Waals surface area contributed by atoms with Crippen molar-refractivity contribution in [2.24, 2.45) is 5.73 Å². The van der Waals surface area contributed by atoms with Gasteiger partial charge in [-0.2, -0.15) is 0 Å². The number of aromatic carboxylic acids is 1. The van der Waals surface area contributed by atoms with Gasteiger partial charge in [0.05, 0.1) is 13.1 Å². The molecule has 0 atom stereocenters. The average molecular weight is 281 g/mol. The second kappa shape index (κ2) is 5.63. The van der Waals surface area contributed by atoms with Gasteiger partial charge in [-0.3, -0.25) is 4.79 Å². The van der Waals surface area contributed by atoms with Crippen LogP contribution in [-0.2, 0) is 13.1 Å². The fraction of sp³-hybridized carbons (Fsp3) is 0.182. The van der Waals surface area contributed by atoms with Gasteiger partial charge >= 0.3 is 5.97 Å². The van der Waals surface area contributed by atoms with E-state index >= 15 is 0 Å². The number of amides is 1. The number of nitrogens with one attached hydrogen (secondary N) is 1. The first-order chi connectivity index (χ1) is 9.10. The number of carbonyl (C=O) groups excluding carboxylic acids is 1. The van der Waals surface area contributed by atoms with Crippen molar-refractivity contribution in [2.45, 2.75) is 13.1 Å². The zero-order valence-corrected chi connectivity index (χ0v) is 10.6. The number of thiazole rings is 1. The smallest absolute Gasteiger partial charge is 0.355 e. The summed E-state index contributed by atoms with van der Waals surface area (Å²) in [5.41, 5.74) is 5.34. The Labute approximate surface area is 112 Å². The lowest BCUT2D eigenvalue weighted by Crippen LogP contribution is -2.22. The molecule has 8 heteroatoms. The average Bonchev–Trinajstić information content (AvgIpc) is 3.04. The highest BCUT2D eigenvalue weighted by molar-refractivity contribution is 7.09. The van der Waals surface area contributed by atoms with Gasteiger partial charge in [0.2, 0.25) is 0 Å². The van der Waals surface area contributed by atoms with E-state index in [1.54, 1.807) is 6.07 Å². The van der Waals surface area contributed by atoms with Crippen LogP contribution in [0, 0.1) is 0 Å². The molecule has 0 unspecified atom stereocenters. The van der Waals surface area contributed by atoms with Crippen molar-refractivity contribution in [3.63, 3.8) is 0 Å². The summed E-state index contributed by atoms with van der Waals surface area (Å²) < 4.78 is 5.18. The van der Waals surface area contributed by atoms with Crippen LogP contribution in [0.4, 0.5) is 0 Å². The Morgan fingerprint density at radius 1 is 1.47 bits per heavy atom. The summed E-state index contributed by atoms with van der Waals surface area (Å²) in [4.78, 5) is 26.2. The predicted octanol–water partition coefficient (Wildman–Crippen LogP) is 0.823. The maximum atomic E-state index is 11.7. The number of carboxylic acids is 1. The molecule has 0 spiro atoms. The summed E-state index contributed by atoms with van der Waals surface area (Å²) in [6.45, 7) is 0.372. The zero-order chi connectivity index (χ0) is 13.8. The van der Waals surface area contributed by atoms with Crippen LogP contribution >= 0.6 is 11.3 Å². The van der Waals surface area contributed by atoms with E-state index < -0.39 is 11.9 Å².